The summed E-state index contributed by atoms with van der Waals surface area (Å²) in [6, 6.07) is 0. The summed E-state index contributed by atoms with van der Waals surface area (Å²) in [6.07, 6.45) is 5.51. The zero-order chi connectivity index (χ0) is 19.1. The Bertz CT molecular complexity index is 439. The van der Waals surface area contributed by atoms with Gasteiger partial charge in [0.05, 0.1) is 39.2 Å². The number of carbonyl (C=O) groups excluding carboxylic acids is 2. The van der Waals surface area contributed by atoms with Crippen LogP contribution in [-0.4, -0.2) is 71.9 Å². The number of aliphatic hydroxyl groups excluding tert-OH is 1. The standard InChI is InChI=1S/C17H30N2O6.Li/c1-2-3-4-5-6-15(21)18-9-12-19(13-14-20,10-7-16(22)23)11-8-17(24)25;/h3-4,20H,2,5-14H2,1H3,(H2-,18,21,22,23,24,25);/q;+1/b4-3+;. The van der Waals surface area contributed by atoms with Gasteiger partial charge in [0.15, 0.2) is 0 Å². The third kappa shape index (κ3) is 13.9. The second-order valence-electron chi connectivity index (χ2n) is 5.99. The molecule has 0 saturated carbocycles. The minimum absolute atomic E-state index is 0. The number of quaternary nitrogens is 1. The van der Waals surface area contributed by atoms with Gasteiger partial charge in [-0.2, -0.15) is 0 Å². The summed E-state index contributed by atoms with van der Waals surface area (Å²) in [5.41, 5.74) is 0. The van der Waals surface area contributed by atoms with Crippen molar-refractivity contribution in [1.29, 1.82) is 0 Å². The smallest absolute Gasteiger partial charge is 0.550 e. The van der Waals surface area contributed by atoms with Gasteiger partial charge in [0.25, 0.3) is 0 Å². The summed E-state index contributed by atoms with van der Waals surface area (Å²) >= 11 is 0. The molecule has 0 bridgehead atoms. The first-order valence-electron chi connectivity index (χ1n) is 8.64. The number of rotatable bonds is 15. The number of allylic oxidation sites excluding steroid dienone is 2. The largest absolute Gasteiger partial charge is 1.00 e. The van der Waals surface area contributed by atoms with Crippen molar-refractivity contribution in [2.75, 3.05) is 39.3 Å². The molecular weight excluding hydrogens is 335 g/mol. The Hall–Kier alpha value is -1.33. The van der Waals surface area contributed by atoms with Gasteiger partial charge in [0.1, 0.15) is 6.54 Å². The summed E-state index contributed by atoms with van der Waals surface area (Å²) < 4.78 is 0.118. The van der Waals surface area contributed by atoms with Crippen molar-refractivity contribution < 1.29 is 53.0 Å². The Kier molecular flexibility index (Phi) is 16.4. The van der Waals surface area contributed by atoms with Crippen molar-refractivity contribution in [3.8, 4) is 0 Å². The van der Waals surface area contributed by atoms with E-state index in [2.05, 4.69) is 5.32 Å². The zero-order valence-corrected chi connectivity index (χ0v) is 15.9. The summed E-state index contributed by atoms with van der Waals surface area (Å²) in [4.78, 5) is 33.4. The van der Waals surface area contributed by atoms with Crippen LogP contribution in [0.2, 0.25) is 0 Å². The van der Waals surface area contributed by atoms with Crippen molar-refractivity contribution in [2.45, 2.75) is 39.0 Å². The Labute approximate surface area is 167 Å². The third-order valence-corrected chi connectivity index (χ3v) is 4.01. The third-order valence-electron chi connectivity index (χ3n) is 4.01. The maximum atomic E-state index is 11.8. The van der Waals surface area contributed by atoms with E-state index in [1.165, 1.54) is 0 Å². The van der Waals surface area contributed by atoms with Crippen LogP contribution in [0.15, 0.2) is 12.2 Å². The van der Waals surface area contributed by atoms with E-state index in [0.717, 1.165) is 6.42 Å². The first-order valence-corrected chi connectivity index (χ1v) is 8.64. The number of hydrogen-bond acceptors (Lipinski definition) is 5. The maximum Gasteiger partial charge on any atom is 1.00 e. The number of carbonyl (C=O) groups is 3. The molecule has 0 heterocycles. The molecule has 0 aliphatic carbocycles. The number of aliphatic carboxylic acids is 2. The average molecular weight is 365 g/mol. The number of nitrogens with zero attached hydrogens (tertiary/aromatic N) is 1. The number of hydrogen-bond donors (Lipinski definition) is 3. The van der Waals surface area contributed by atoms with Crippen LogP contribution in [0.4, 0.5) is 0 Å². The normalized spacial score (nSPS) is 13.0. The maximum absolute atomic E-state index is 11.8. The molecule has 144 valence electrons. The van der Waals surface area contributed by atoms with Crippen LogP contribution in [0, 0.1) is 0 Å². The van der Waals surface area contributed by atoms with Gasteiger partial charge in [-0.05, 0) is 12.8 Å². The Balaban J connectivity index is 0. The van der Waals surface area contributed by atoms with Crippen LogP contribution in [-0.2, 0) is 14.4 Å². The molecule has 8 nitrogen and oxygen atoms in total. The fourth-order valence-electron chi connectivity index (χ4n) is 2.56. The van der Waals surface area contributed by atoms with Crippen molar-refractivity contribution in [1.82, 2.24) is 5.32 Å². The second kappa shape index (κ2) is 15.9. The molecule has 0 saturated heterocycles. The van der Waals surface area contributed by atoms with Gasteiger partial charge in [0, 0.05) is 18.8 Å². The fraction of sp³-hybridized carbons (Fsp3) is 0.706. The van der Waals surface area contributed by atoms with Gasteiger partial charge in [-0.15, -0.1) is 0 Å². The van der Waals surface area contributed by atoms with E-state index in [1.807, 2.05) is 19.1 Å². The molecule has 1 unspecified atom stereocenters. The van der Waals surface area contributed by atoms with Crippen molar-refractivity contribution in [3.05, 3.63) is 12.2 Å². The van der Waals surface area contributed by atoms with E-state index in [0.29, 0.717) is 25.9 Å². The predicted octanol–water partition coefficient (Wildman–Crippen LogP) is -3.72. The number of amides is 1. The molecule has 1 atom stereocenters. The Morgan fingerprint density at radius 1 is 1.04 bits per heavy atom. The van der Waals surface area contributed by atoms with E-state index < -0.39 is 11.9 Å². The molecule has 0 spiro atoms. The van der Waals surface area contributed by atoms with Crippen molar-refractivity contribution in [2.24, 2.45) is 0 Å². The molecule has 0 aliphatic heterocycles. The Morgan fingerprint density at radius 2 is 1.69 bits per heavy atom. The van der Waals surface area contributed by atoms with E-state index >= 15 is 0 Å². The summed E-state index contributed by atoms with van der Waals surface area (Å²) in [5, 5.41) is 31.7. The van der Waals surface area contributed by atoms with Crippen LogP contribution in [0.1, 0.15) is 39.0 Å². The van der Waals surface area contributed by atoms with Gasteiger partial charge in [0.2, 0.25) is 5.91 Å². The Morgan fingerprint density at radius 3 is 2.23 bits per heavy atom. The minimum Gasteiger partial charge on any atom is -0.550 e. The molecule has 0 aromatic rings. The van der Waals surface area contributed by atoms with Crippen LogP contribution in [0.25, 0.3) is 0 Å². The molecule has 26 heavy (non-hydrogen) atoms. The van der Waals surface area contributed by atoms with Gasteiger partial charge >= 0.3 is 24.8 Å². The van der Waals surface area contributed by atoms with Crippen LogP contribution < -0.4 is 29.3 Å². The van der Waals surface area contributed by atoms with Gasteiger partial charge in [-0.1, -0.05) is 19.1 Å². The van der Waals surface area contributed by atoms with Crippen LogP contribution >= 0.6 is 0 Å². The monoisotopic (exact) mass is 365 g/mol. The van der Waals surface area contributed by atoms with Crippen molar-refractivity contribution >= 4 is 17.8 Å². The molecule has 0 aromatic heterocycles. The van der Waals surface area contributed by atoms with Gasteiger partial charge in [-0.3, -0.25) is 9.59 Å². The SMILES string of the molecule is CC/C=C/CCC(=O)NCC[N+](CCO)(CCC(=O)[O-])CCC(=O)O.[Li+]. The van der Waals surface area contributed by atoms with E-state index in [-0.39, 0.29) is 68.3 Å². The summed E-state index contributed by atoms with van der Waals surface area (Å²) in [7, 11) is 0. The molecule has 1 amide bonds. The predicted molar refractivity (Wildman–Crippen MR) is 90.4 cm³/mol. The van der Waals surface area contributed by atoms with E-state index in [9.17, 15) is 24.6 Å². The van der Waals surface area contributed by atoms with Crippen molar-refractivity contribution in [3.63, 3.8) is 0 Å². The summed E-state index contributed by atoms with van der Waals surface area (Å²) in [5.74, 6) is -2.32. The fourth-order valence-corrected chi connectivity index (χ4v) is 2.56. The molecule has 3 N–H and O–H groups in total. The molecule has 0 aromatic carbocycles. The molecule has 0 rings (SSSR count). The van der Waals surface area contributed by atoms with Crippen LogP contribution in [0.5, 0.6) is 0 Å². The van der Waals surface area contributed by atoms with Crippen LogP contribution in [0.3, 0.4) is 0 Å². The van der Waals surface area contributed by atoms with Gasteiger partial charge in [-0.25, -0.2) is 0 Å². The first kappa shape index (κ1) is 26.9. The minimum atomic E-state index is -1.22. The topological polar surface area (TPSA) is 127 Å². The van der Waals surface area contributed by atoms with Gasteiger partial charge < -0.3 is 29.9 Å². The molecule has 0 fully saturated rings. The molecule has 0 aliphatic rings. The van der Waals surface area contributed by atoms with E-state index in [4.69, 9.17) is 5.11 Å². The number of nitrogens with one attached hydrogen (secondary N) is 1. The molecule has 0 radical (unpaired) electrons. The quantitative estimate of drug-likeness (QED) is 0.156. The number of carboxylic acids is 2. The second-order valence-corrected chi connectivity index (χ2v) is 5.99. The zero-order valence-electron chi connectivity index (χ0n) is 15.9. The first-order chi connectivity index (χ1) is 11.8. The summed E-state index contributed by atoms with van der Waals surface area (Å²) in [6.45, 7) is 3.06. The molecule has 9 heteroatoms. The van der Waals surface area contributed by atoms with E-state index in [1.54, 1.807) is 0 Å². The molecular formula is C17H30LiN2O6+. The number of aliphatic hydroxyl groups is 1. The average Bonchev–Trinajstić information content (AvgIpc) is 2.55. The number of carboxylic acid groups (broad SMARTS) is 2.